The van der Waals surface area contributed by atoms with Gasteiger partial charge < -0.3 is 0 Å². The molecule has 0 aromatic heterocycles. The molecule has 1 fully saturated rings. The lowest BCUT2D eigenvalue weighted by Crippen LogP contribution is -2.07. The zero-order chi connectivity index (χ0) is 11.9. The molecule has 0 bridgehead atoms. The minimum Gasteiger partial charge on any atom is -0.0776 e. The maximum absolute atomic E-state index is 2.40. The van der Waals surface area contributed by atoms with Crippen LogP contribution in [-0.2, 0) is 0 Å². The molecule has 1 saturated carbocycles. The summed E-state index contributed by atoms with van der Waals surface area (Å²) in [7, 11) is 0. The maximum Gasteiger partial charge on any atom is 0 e. The van der Waals surface area contributed by atoms with E-state index in [2.05, 4.69) is 71.9 Å². The largest absolute Gasteiger partial charge is 0.0776 e. The van der Waals surface area contributed by atoms with Crippen LogP contribution in [0.15, 0.2) is 0 Å². The van der Waals surface area contributed by atoms with Crippen molar-refractivity contribution in [1.82, 2.24) is 0 Å². The summed E-state index contributed by atoms with van der Waals surface area (Å²) in [5.41, 5.74) is 0. The molecule has 0 amide bonds. The quantitative estimate of drug-likeness (QED) is 0.337. The minimum absolute atomic E-state index is 0. The van der Waals surface area contributed by atoms with Crippen LogP contribution in [0.5, 0.6) is 0 Å². The smallest absolute Gasteiger partial charge is 0 e. The Morgan fingerprint density at radius 2 is 0.562 bits per heavy atom. The van der Waals surface area contributed by atoms with Gasteiger partial charge in [0.25, 0.3) is 0 Å². The van der Waals surface area contributed by atoms with E-state index in [1.54, 1.807) is 0 Å². The molecular weight excluding hydrogens is 422 g/mol. The number of hydrogen-bond donors (Lipinski definition) is 0. The first-order valence-electron chi connectivity index (χ1n) is 5.70. The normalized spacial score (nSPS) is 35.4. The minimum atomic E-state index is 0. The van der Waals surface area contributed by atoms with Gasteiger partial charge in [0, 0.05) is 37.2 Å². The number of halogens is 2. The molecule has 2 heteroatoms. The highest BCUT2D eigenvalue weighted by Gasteiger charge is 2.38. The van der Waals surface area contributed by atoms with E-state index in [9.17, 15) is 0 Å². The average Bonchev–Trinajstić information content (AvgIpc) is 2.42. The first-order chi connectivity index (χ1) is 6.55. The van der Waals surface area contributed by atoms with Gasteiger partial charge in [0.05, 0.1) is 0 Å². The summed E-state index contributed by atoms with van der Waals surface area (Å²) in [6.45, 7) is 16.0. The predicted octanol–water partition coefficient (Wildman–Crippen LogP) is 7.25. The zero-order valence-corrected chi connectivity index (χ0v) is 15.0. The Bertz CT molecular complexity index is 81.1. The van der Waals surface area contributed by atoms with Crippen LogP contribution >= 0.6 is 37.2 Å². The van der Waals surface area contributed by atoms with Crippen molar-refractivity contribution in [3.63, 3.8) is 0 Å². The Morgan fingerprint density at radius 3 is 0.625 bits per heavy atom. The second-order valence-electron chi connectivity index (χ2n) is 4.30. The Hall–Kier alpha value is 1.46. The third-order valence-corrected chi connectivity index (χ3v) is 4.15. The standard InChI is InChI=1S/C10H20.C2H6.2CH4.I2/c1-6-7(2)9(4)10(5)8(6)3;1-2;;;1-2/h6-10H,1-5H3;1-2H3;2*1H4;. The van der Waals surface area contributed by atoms with Crippen molar-refractivity contribution in [1.29, 1.82) is 0 Å². The molecule has 0 N–H and O–H groups in total. The SMILES string of the molecule is C.C.CC.CC1C(C)C(C)C(C)C1C.II. The van der Waals surface area contributed by atoms with Crippen molar-refractivity contribution in [2.45, 2.75) is 63.3 Å². The van der Waals surface area contributed by atoms with Gasteiger partial charge in [-0.2, -0.15) is 0 Å². The molecule has 0 saturated heterocycles. The monoisotopic (exact) mass is 456 g/mol. The second-order valence-corrected chi connectivity index (χ2v) is 4.30. The molecule has 0 aliphatic heterocycles. The molecule has 1 rings (SSSR count). The molecule has 104 valence electrons. The zero-order valence-electron chi connectivity index (χ0n) is 10.6. The summed E-state index contributed by atoms with van der Waals surface area (Å²) < 4.78 is 0. The summed E-state index contributed by atoms with van der Waals surface area (Å²) in [4.78, 5) is 0. The summed E-state index contributed by atoms with van der Waals surface area (Å²) in [6, 6.07) is 0. The molecule has 0 radical (unpaired) electrons. The van der Waals surface area contributed by atoms with Gasteiger partial charge in [-0.15, -0.1) is 0 Å². The van der Waals surface area contributed by atoms with Crippen molar-refractivity contribution in [2.24, 2.45) is 29.6 Å². The topological polar surface area (TPSA) is 0 Å². The first-order valence-corrected chi connectivity index (χ1v) is 12.0. The molecule has 0 nitrogen and oxygen atoms in total. The van der Waals surface area contributed by atoms with Gasteiger partial charge in [0.2, 0.25) is 0 Å². The van der Waals surface area contributed by atoms with Crippen LogP contribution in [0.25, 0.3) is 0 Å². The van der Waals surface area contributed by atoms with Crippen molar-refractivity contribution in [2.75, 3.05) is 0 Å². The molecule has 0 spiro atoms. The fourth-order valence-electron chi connectivity index (χ4n) is 2.39. The van der Waals surface area contributed by atoms with E-state index in [1.165, 1.54) is 0 Å². The Morgan fingerprint density at radius 1 is 0.500 bits per heavy atom. The van der Waals surface area contributed by atoms with E-state index in [-0.39, 0.29) is 14.9 Å². The van der Waals surface area contributed by atoms with Gasteiger partial charge >= 0.3 is 0 Å². The van der Waals surface area contributed by atoms with E-state index < -0.39 is 0 Å². The summed E-state index contributed by atoms with van der Waals surface area (Å²) in [5.74, 6) is 4.68. The van der Waals surface area contributed by atoms with Crippen molar-refractivity contribution in [3.05, 3.63) is 0 Å². The lowest BCUT2D eigenvalue weighted by Gasteiger charge is -2.14. The van der Waals surface area contributed by atoms with Gasteiger partial charge in [-0.1, -0.05) is 63.3 Å². The third-order valence-electron chi connectivity index (χ3n) is 4.15. The fourth-order valence-corrected chi connectivity index (χ4v) is 2.39. The van der Waals surface area contributed by atoms with Gasteiger partial charge in [0.1, 0.15) is 0 Å². The van der Waals surface area contributed by atoms with Gasteiger partial charge in [-0.05, 0) is 29.6 Å². The van der Waals surface area contributed by atoms with E-state index in [0.717, 1.165) is 29.6 Å². The van der Waals surface area contributed by atoms with Gasteiger partial charge in [-0.25, -0.2) is 0 Å². The van der Waals surface area contributed by atoms with E-state index in [0.29, 0.717) is 0 Å². The summed E-state index contributed by atoms with van der Waals surface area (Å²) in [6.07, 6.45) is 0. The molecule has 0 heterocycles. The molecule has 1 aliphatic rings. The Kier molecular flexibility index (Phi) is 23.7. The number of rotatable bonds is 0. The van der Waals surface area contributed by atoms with Crippen LogP contribution < -0.4 is 0 Å². The van der Waals surface area contributed by atoms with Crippen molar-refractivity contribution < 1.29 is 0 Å². The predicted molar refractivity (Wildman–Crippen MR) is 98.7 cm³/mol. The van der Waals surface area contributed by atoms with Gasteiger partial charge in [-0.3, -0.25) is 0 Å². The van der Waals surface area contributed by atoms with E-state index >= 15 is 0 Å². The highest BCUT2D eigenvalue weighted by atomic mass is 128. The van der Waals surface area contributed by atoms with Crippen molar-refractivity contribution in [3.8, 4) is 0 Å². The van der Waals surface area contributed by atoms with Crippen LogP contribution in [0.3, 0.4) is 0 Å². The van der Waals surface area contributed by atoms with Crippen LogP contribution in [0.1, 0.15) is 63.3 Å². The summed E-state index contributed by atoms with van der Waals surface area (Å²) in [5, 5.41) is 0. The molecular formula is C14H34I2. The van der Waals surface area contributed by atoms with E-state index in [1.807, 2.05) is 13.8 Å². The van der Waals surface area contributed by atoms with Gasteiger partial charge in [0.15, 0.2) is 0 Å². The molecule has 0 aromatic carbocycles. The molecule has 0 atom stereocenters. The summed E-state index contributed by atoms with van der Waals surface area (Å²) >= 11 is 4.24. The molecule has 0 aromatic rings. The third kappa shape index (κ3) is 7.02. The Labute approximate surface area is 129 Å². The highest BCUT2D eigenvalue weighted by Crippen LogP contribution is 2.44. The fraction of sp³-hybridized carbons (Fsp3) is 1.00. The average molecular weight is 456 g/mol. The maximum atomic E-state index is 2.40. The van der Waals surface area contributed by atoms with Crippen molar-refractivity contribution >= 4 is 37.2 Å². The lowest BCUT2D eigenvalue weighted by molar-refractivity contribution is 0.352. The molecule has 16 heavy (non-hydrogen) atoms. The van der Waals surface area contributed by atoms with Crippen LogP contribution in [0, 0.1) is 29.6 Å². The van der Waals surface area contributed by atoms with E-state index in [4.69, 9.17) is 0 Å². The lowest BCUT2D eigenvalue weighted by atomic mass is 9.92. The van der Waals surface area contributed by atoms with Crippen LogP contribution in [0.4, 0.5) is 0 Å². The highest BCUT2D eigenvalue weighted by molar-refractivity contribution is 15.0. The second kappa shape index (κ2) is 14.5. The first kappa shape index (κ1) is 26.1. The number of hydrogen-bond acceptors (Lipinski definition) is 0. The molecule has 1 aliphatic carbocycles. The van der Waals surface area contributed by atoms with Crippen LogP contribution in [-0.4, -0.2) is 0 Å². The Balaban J connectivity index is -0.000000109. The van der Waals surface area contributed by atoms with Crippen LogP contribution in [0.2, 0.25) is 0 Å². The molecule has 0 unspecified atom stereocenters.